The van der Waals surface area contributed by atoms with Gasteiger partial charge in [0, 0.05) is 40.8 Å². The van der Waals surface area contributed by atoms with Gasteiger partial charge in [0.25, 0.3) is 0 Å². The molecule has 2 aliphatic heterocycles. The fourth-order valence-electron chi connectivity index (χ4n) is 7.36. The number of pyridine rings is 4. The number of benzene rings is 2. The smallest absolute Gasteiger partial charge is 0.462 e. The van der Waals surface area contributed by atoms with Crippen LogP contribution in [-0.2, 0) is 9.47 Å². The summed E-state index contributed by atoms with van der Waals surface area (Å²) >= 11 is 20.1. The normalized spacial score (nSPS) is 12.1. The molecule has 26 heteroatoms. The van der Waals surface area contributed by atoms with Gasteiger partial charge in [-0.25, -0.2) is 37.9 Å². The molecule has 6 aromatic heterocycles. The van der Waals surface area contributed by atoms with Gasteiger partial charge in [-0.05, 0) is 74.5 Å². The number of anilines is 6. The van der Waals surface area contributed by atoms with Gasteiger partial charge in [0.1, 0.15) is 54.3 Å². The summed E-state index contributed by atoms with van der Waals surface area (Å²) in [6, 6.07) is 16.6. The van der Waals surface area contributed by atoms with Crippen molar-refractivity contribution in [3.05, 3.63) is 133 Å². The minimum absolute atomic E-state index is 0.00104. The SMILES string of the molecule is CCOC(=O)c1sc2nc(-c3cc(F)ccc3Cl)c(C#N)c3c2c1NC(=O)N3c1ccncc1.CCOC(=O)c1sc2nc(Cl)c(C#N)c3c2c1NC(=O)N3c1ccncc1.OB(O)c1cc(F)ccc1Cl. The Hall–Kier alpha value is -7.87. The molecule has 0 fully saturated rings. The van der Waals surface area contributed by atoms with Crippen molar-refractivity contribution in [1.82, 2.24) is 19.9 Å². The Kier molecular flexibility index (Phi) is 14.9. The van der Waals surface area contributed by atoms with Crippen molar-refractivity contribution >= 4 is 149 Å². The van der Waals surface area contributed by atoms with Gasteiger partial charge in [0.05, 0.1) is 68.8 Å². The number of nitrogens with zero attached hydrogens (tertiary/aromatic N) is 8. The van der Waals surface area contributed by atoms with E-state index in [1.807, 2.05) is 6.07 Å². The van der Waals surface area contributed by atoms with E-state index < -0.39 is 42.8 Å². The number of halogens is 5. The standard InChI is InChI=1S/C23H13ClFN5O3S.C17H10ClN5O3S.C6H5BClFO2/c1-2-33-22(31)20-18-16-19(30(23(32)29-18)12-5-7-27-8-6-12)14(10-26)17(28-21(16)34-20)13-9-11(25)3-4-15(13)24;1-2-26-16(24)13-11-10-12(9(7-19)14(18)22-15(10)27-13)23(17(25)21-11)8-3-5-20-6-4-8;8-6-2-1-4(9)3-5(6)7(10)11/h3-9H,2H2,1H3,(H,29,32);3-6H,2H2,1H3,(H,21,25);1-3,10-11H. The molecule has 0 radical (unpaired) electrons. The first-order valence-corrected chi connectivity index (χ1v) is 23.5. The van der Waals surface area contributed by atoms with Crippen molar-refractivity contribution in [2.45, 2.75) is 13.8 Å². The highest BCUT2D eigenvalue weighted by molar-refractivity contribution is 7.21. The summed E-state index contributed by atoms with van der Waals surface area (Å²) in [6.07, 6.45) is 6.07. The summed E-state index contributed by atoms with van der Waals surface area (Å²) in [5, 5.41) is 43.7. The Bertz CT molecular complexity index is 3600. The molecular weight excluding hydrogens is 1040 g/mol. The van der Waals surface area contributed by atoms with Gasteiger partial charge in [0.15, 0.2) is 5.15 Å². The summed E-state index contributed by atoms with van der Waals surface area (Å²) in [5.41, 5.74) is 2.21. The third kappa shape index (κ3) is 9.53. The van der Waals surface area contributed by atoms with E-state index in [1.54, 1.807) is 38.1 Å². The number of hydrogen-bond acceptors (Lipinski definition) is 16. The number of esters is 2. The first kappa shape index (κ1) is 50.5. The van der Waals surface area contributed by atoms with Gasteiger partial charge in [-0.15, -0.1) is 22.7 Å². The fourth-order valence-corrected chi connectivity index (χ4v) is 10.1. The maximum absolute atomic E-state index is 14.1. The Labute approximate surface area is 428 Å². The Morgan fingerprint density at radius 1 is 0.708 bits per heavy atom. The molecule has 0 atom stereocenters. The van der Waals surface area contributed by atoms with E-state index in [1.165, 1.54) is 58.9 Å². The third-order valence-corrected chi connectivity index (χ3v) is 13.4. The maximum Gasteiger partial charge on any atom is 0.490 e. The first-order valence-electron chi connectivity index (χ1n) is 20.7. The highest BCUT2D eigenvalue weighted by Crippen LogP contribution is 2.51. The predicted octanol–water partition coefficient (Wildman–Crippen LogP) is 10.1. The van der Waals surface area contributed by atoms with Crippen LogP contribution in [0.3, 0.4) is 0 Å². The molecule has 360 valence electrons. The van der Waals surface area contributed by atoms with Crippen molar-refractivity contribution in [2.24, 2.45) is 0 Å². The lowest BCUT2D eigenvalue weighted by molar-refractivity contribution is 0.0523. The number of nitriles is 2. The molecule has 18 nitrogen and oxygen atoms in total. The van der Waals surface area contributed by atoms with Crippen LogP contribution in [0.4, 0.5) is 52.5 Å². The summed E-state index contributed by atoms with van der Waals surface area (Å²) in [5.74, 6) is -2.32. The van der Waals surface area contributed by atoms with Crippen LogP contribution < -0.4 is 25.9 Å². The lowest BCUT2D eigenvalue weighted by atomic mass is 9.80. The van der Waals surface area contributed by atoms with E-state index in [4.69, 9.17) is 54.3 Å². The minimum Gasteiger partial charge on any atom is -0.462 e. The molecule has 10 rings (SSSR count). The second kappa shape index (κ2) is 21.2. The van der Waals surface area contributed by atoms with E-state index in [-0.39, 0.29) is 88.8 Å². The van der Waals surface area contributed by atoms with E-state index in [9.17, 15) is 38.5 Å². The number of carbonyl (C=O) groups excluding carboxylic acids is 4. The number of ether oxygens (including phenoxy) is 2. The number of thiophene rings is 2. The minimum atomic E-state index is -1.72. The number of hydrogen-bond donors (Lipinski definition) is 4. The maximum atomic E-state index is 14.1. The molecule has 0 aliphatic carbocycles. The zero-order chi connectivity index (χ0) is 51.5. The zero-order valence-corrected chi connectivity index (χ0v) is 40.6. The molecule has 0 spiro atoms. The highest BCUT2D eigenvalue weighted by atomic mass is 35.5. The van der Waals surface area contributed by atoms with Crippen LogP contribution in [0.25, 0.3) is 31.7 Å². The number of urea groups is 2. The van der Waals surface area contributed by atoms with Crippen LogP contribution in [0.1, 0.15) is 44.3 Å². The lowest BCUT2D eigenvalue weighted by Gasteiger charge is -2.29. The van der Waals surface area contributed by atoms with Crippen LogP contribution in [0.5, 0.6) is 0 Å². The molecule has 0 bridgehead atoms. The summed E-state index contributed by atoms with van der Waals surface area (Å²) in [6.45, 7) is 3.68. The van der Waals surface area contributed by atoms with Gasteiger partial charge >= 0.3 is 31.1 Å². The van der Waals surface area contributed by atoms with Crippen molar-refractivity contribution in [3.8, 4) is 23.4 Å². The van der Waals surface area contributed by atoms with E-state index in [0.717, 1.165) is 34.8 Å². The van der Waals surface area contributed by atoms with Gasteiger partial charge in [0.2, 0.25) is 0 Å². The molecule has 8 aromatic rings. The second-order valence-corrected chi connectivity index (χ2v) is 17.7. The molecule has 0 saturated heterocycles. The average Bonchev–Trinajstić information content (AvgIpc) is 3.92. The van der Waals surface area contributed by atoms with Crippen molar-refractivity contribution in [1.29, 1.82) is 10.5 Å². The molecular formula is C46H28BCl3F2N10O8S2. The van der Waals surface area contributed by atoms with Crippen molar-refractivity contribution in [2.75, 3.05) is 33.6 Å². The van der Waals surface area contributed by atoms with Crippen LogP contribution in [-0.4, -0.2) is 74.3 Å². The third-order valence-electron chi connectivity index (χ3n) is 10.3. The molecule has 2 aliphatic rings. The molecule has 8 heterocycles. The van der Waals surface area contributed by atoms with Gasteiger partial charge < -0.3 is 30.2 Å². The molecule has 0 unspecified atom stereocenters. The predicted molar refractivity (Wildman–Crippen MR) is 268 cm³/mol. The number of amides is 4. The molecule has 0 saturated carbocycles. The van der Waals surface area contributed by atoms with Gasteiger partial charge in [-0.2, -0.15) is 10.5 Å². The Morgan fingerprint density at radius 2 is 1.17 bits per heavy atom. The quantitative estimate of drug-likeness (QED) is 0.0627. The zero-order valence-electron chi connectivity index (χ0n) is 36.7. The molecule has 4 amide bonds. The van der Waals surface area contributed by atoms with E-state index in [2.05, 4.69) is 36.6 Å². The van der Waals surface area contributed by atoms with Crippen molar-refractivity contribution < 1.29 is 47.5 Å². The van der Waals surface area contributed by atoms with Crippen LogP contribution in [0, 0.1) is 34.3 Å². The molecule has 2 aromatic carbocycles. The summed E-state index contributed by atoms with van der Waals surface area (Å²) in [4.78, 5) is 71.6. The first-order chi connectivity index (χ1) is 34.6. The number of carbonyl (C=O) groups is 4. The fraction of sp³-hybridized carbons (Fsp3) is 0.0870. The van der Waals surface area contributed by atoms with E-state index in [0.29, 0.717) is 31.8 Å². The summed E-state index contributed by atoms with van der Waals surface area (Å²) < 4.78 is 36.8. The largest absolute Gasteiger partial charge is 0.490 e. The van der Waals surface area contributed by atoms with Crippen molar-refractivity contribution in [3.63, 3.8) is 0 Å². The van der Waals surface area contributed by atoms with E-state index >= 15 is 0 Å². The monoisotopic (exact) mass is 1070 g/mol. The second-order valence-electron chi connectivity index (χ2n) is 14.6. The Balaban J connectivity index is 0.000000162. The Morgan fingerprint density at radius 3 is 1.62 bits per heavy atom. The highest BCUT2D eigenvalue weighted by Gasteiger charge is 2.38. The summed E-state index contributed by atoms with van der Waals surface area (Å²) in [7, 11) is -1.72. The lowest BCUT2D eigenvalue weighted by Crippen LogP contribution is -2.35. The number of nitrogens with one attached hydrogen (secondary N) is 2. The van der Waals surface area contributed by atoms with Gasteiger partial charge in [-0.1, -0.05) is 34.8 Å². The van der Waals surface area contributed by atoms with Crippen LogP contribution in [0.2, 0.25) is 15.2 Å². The van der Waals surface area contributed by atoms with Crippen LogP contribution >= 0.6 is 57.5 Å². The topological polar surface area (TPSA) is 257 Å². The molecule has 72 heavy (non-hydrogen) atoms. The number of aromatic nitrogens is 4. The van der Waals surface area contributed by atoms with Crippen LogP contribution in [0.15, 0.2) is 85.5 Å². The van der Waals surface area contributed by atoms with Gasteiger partial charge in [-0.3, -0.25) is 19.8 Å². The average molecular weight is 1070 g/mol. The number of rotatable bonds is 8. The molecule has 4 N–H and O–H groups in total.